The Balaban J connectivity index is 1.70. The summed E-state index contributed by atoms with van der Waals surface area (Å²) in [5.74, 6) is 1.16. The third-order valence-corrected chi connectivity index (χ3v) is 5.45. The van der Waals surface area contributed by atoms with Crippen LogP contribution in [0.15, 0.2) is 42.9 Å². The van der Waals surface area contributed by atoms with Crippen molar-refractivity contribution in [2.24, 2.45) is 0 Å². The maximum absolute atomic E-state index is 4.82. The van der Waals surface area contributed by atoms with Crippen molar-refractivity contribution in [3.63, 3.8) is 0 Å². The molecule has 1 aliphatic rings. The third-order valence-electron chi connectivity index (χ3n) is 4.32. The van der Waals surface area contributed by atoms with Crippen molar-refractivity contribution in [1.29, 1.82) is 0 Å². The molecule has 4 rings (SSSR count). The van der Waals surface area contributed by atoms with E-state index < -0.39 is 0 Å². The quantitative estimate of drug-likeness (QED) is 0.742. The Bertz CT molecular complexity index is 782. The molecule has 0 aromatic carbocycles. The summed E-state index contributed by atoms with van der Waals surface area (Å²) in [5.41, 5.74) is 1.95. The van der Waals surface area contributed by atoms with E-state index in [1.165, 1.54) is 37.0 Å². The van der Waals surface area contributed by atoms with Gasteiger partial charge in [0, 0.05) is 23.5 Å². The second-order valence-electron chi connectivity index (χ2n) is 5.98. The Hall–Kier alpha value is -2.34. The fourth-order valence-electron chi connectivity index (χ4n) is 3.17. The van der Waals surface area contributed by atoms with Crippen molar-refractivity contribution in [2.45, 2.75) is 38.0 Å². The van der Waals surface area contributed by atoms with E-state index in [9.17, 15) is 0 Å². The molecule has 5 nitrogen and oxygen atoms in total. The number of rotatable bonds is 4. The molecular formula is C18H19N5S. The number of hydrogen-bond acceptors (Lipinski definition) is 6. The van der Waals surface area contributed by atoms with Gasteiger partial charge in [0.15, 0.2) is 5.13 Å². The topological polar surface area (TPSA) is 63.6 Å². The average Bonchev–Trinajstić information content (AvgIpc) is 3.08. The fraction of sp³-hybridized carbons (Fsp3) is 0.333. The Morgan fingerprint density at radius 1 is 0.917 bits per heavy atom. The monoisotopic (exact) mass is 337 g/mol. The van der Waals surface area contributed by atoms with E-state index in [1.54, 1.807) is 29.8 Å². The zero-order valence-corrected chi connectivity index (χ0v) is 14.2. The van der Waals surface area contributed by atoms with Gasteiger partial charge in [0.2, 0.25) is 5.95 Å². The van der Waals surface area contributed by atoms with Gasteiger partial charge < -0.3 is 5.32 Å². The zero-order valence-electron chi connectivity index (χ0n) is 13.4. The molecular weight excluding hydrogens is 318 g/mol. The molecule has 3 aromatic heterocycles. The lowest BCUT2D eigenvalue weighted by molar-refractivity contribution is 0.448. The third kappa shape index (κ3) is 3.28. The molecule has 0 bridgehead atoms. The molecule has 1 N–H and O–H groups in total. The van der Waals surface area contributed by atoms with Crippen LogP contribution < -0.4 is 5.32 Å². The molecule has 0 amide bonds. The van der Waals surface area contributed by atoms with Crippen molar-refractivity contribution in [1.82, 2.24) is 19.9 Å². The molecule has 0 unspecified atom stereocenters. The van der Waals surface area contributed by atoms with Crippen LogP contribution in [0.2, 0.25) is 0 Å². The molecule has 1 saturated carbocycles. The predicted octanol–water partition coefficient (Wildman–Crippen LogP) is 4.79. The summed E-state index contributed by atoms with van der Waals surface area (Å²) in [6.45, 7) is 0. The van der Waals surface area contributed by atoms with Gasteiger partial charge in [-0.05, 0) is 37.0 Å². The highest BCUT2D eigenvalue weighted by atomic mass is 32.1. The molecule has 24 heavy (non-hydrogen) atoms. The highest BCUT2D eigenvalue weighted by Crippen LogP contribution is 2.42. The Morgan fingerprint density at radius 3 is 2.46 bits per heavy atom. The lowest BCUT2D eigenvalue weighted by atomic mass is 9.87. The number of hydrogen-bond donors (Lipinski definition) is 1. The van der Waals surface area contributed by atoms with Crippen molar-refractivity contribution >= 4 is 22.4 Å². The zero-order chi connectivity index (χ0) is 16.2. The molecule has 1 fully saturated rings. The standard InChI is InChI=1S/C18H19N5S/c1-2-7-13(8-3-1)16-15(14-9-4-5-10-19-14)22-18(24-16)23-17-20-11-6-12-21-17/h4-6,9-13H,1-3,7-8H2,(H,20,21,22,23). The average molecular weight is 337 g/mol. The van der Waals surface area contributed by atoms with E-state index in [0.717, 1.165) is 16.5 Å². The summed E-state index contributed by atoms with van der Waals surface area (Å²) in [4.78, 5) is 19.1. The van der Waals surface area contributed by atoms with Gasteiger partial charge in [0.05, 0.1) is 5.69 Å². The van der Waals surface area contributed by atoms with Crippen molar-refractivity contribution in [3.05, 3.63) is 47.7 Å². The largest absolute Gasteiger partial charge is 0.300 e. The van der Waals surface area contributed by atoms with Crippen LogP contribution >= 0.6 is 11.3 Å². The summed E-state index contributed by atoms with van der Waals surface area (Å²) in [7, 11) is 0. The molecule has 6 heteroatoms. The summed E-state index contributed by atoms with van der Waals surface area (Å²) in [6.07, 6.45) is 11.7. The molecule has 3 heterocycles. The van der Waals surface area contributed by atoms with Gasteiger partial charge in [0.1, 0.15) is 5.69 Å². The van der Waals surface area contributed by atoms with Gasteiger partial charge >= 0.3 is 0 Å². The summed E-state index contributed by atoms with van der Waals surface area (Å²) >= 11 is 1.71. The molecule has 0 atom stereocenters. The SMILES string of the molecule is c1ccc(-c2nc(Nc3ncccn3)sc2C2CCCCC2)nc1. The second kappa shape index (κ2) is 7.05. The molecule has 3 aromatic rings. The Labute approximate surface area is 145 Å². The summed E-state index contributed by atoms with van der Waals surface area (Å²) < 4.78 is 0. The van der Waals surface area contributed by atoms with Crippen LogP contribution in [-0.4, -0.2) is 19.9 Å². The van der Waals surface area contributed by atoms with Crippen molar-refractivity contribution < 1.29 is 0 Å². The van der Waals surface area contributed by atoms with Crippen LogP contribution in [0.1, 0.15) is 42.9 Å². The van der Waals surface area contributed by atoms with Crippen LogP contribution in [-0.2, 0) is 0 Å². The summed E-state index contributed by atoms with van der Waals surface area (Å²) in [5, 5.41) is 4.07. The Morgan fingerprint density at radius 2 is 1.71 bits per heavy atom. The first-order valence-electron chi connectivity index (χ1n) is 8.36. The lowest BCUT2D eigenvalue weighted by Crippen LogP contribution is -2.04. The highest BCUT2D eigenvalue weighted by molar-refractivity contribution is 7.16. The highest BCUT2D eigenvalue weighted by Gasteiger charge is 2.24. The van der Waals surface area contributed by atoms with E-state index in [0.29, 0.717) is 11.9 Å². The summed E-state index contributed by atoms with van der Waals surface area (Å²) in [6, 6.07) is 7.79. The van der Waals surface area contributed by atoms with Crippen molar-refractivity contribution in [3.8, 4) is 11.4 Å². The van der Waals surface area contributed by atoms with Crippen LogP contribution in [0, 0.1) is 0 Å². The normalized spacial score (nSPS) is 15.3. The van der Waals surface area contributed by atoms with Crippen LogP contribution in [0.3, 0.4) is 0 Å². The minimum absolute atomic E-state index is 0.578. The van der Waals surface area contributed by atoms with E-state index >= 15 is 0 Å². The maximum Gasteiger partial charge on any atom is 0.228 e. The number of pyridine rings is 1. The van der Waals surface area contributed by atoms with E-state index in [-0.39, 0.29) is 0 Å². The van der Waals surface area contributed by atoms with Gasteiger partial charge in [0.25, 0.3) is 0 Å². The van der Waals surface area contributed by atoms with Crippen LogP contribution in [0.5, 0.6) is 0 Å². The predicted molar refractivity (Wildman–Crippen MR) is 96.5 cm³/mol. The van der Waals surface area contributed by atoms with Gasteiger partial charge in [-0.25, -0.2) is 15.0 Å². The molecule has 0 radical (unpaired) electrons. The molecule has 1 aliphatic carbocycles. The lowest BCUT2D eigenvalue weighted by Gasteiger charge is -2.20. The first kappa shape index (κ1) is 15.2. The number of nitrogens with zero attached hydrogens (tertiary/aromatic N) is 4. The number of nitrogens with one attached hydrogen (secondary N) is 1. The van der Waals surface area contributed by atoms with E-state index in [1.807, 2.05) is 24.4 Å². The minimum Gasteiger partial charge on any atom is -0.300 e. The van der Waals surface area contributed by atoms with Gasteiger partial charge in [-0.1, -0.05) is 25.3 Å². The molecule has 122 valence electrons. The Kier molecular flexibility index (Phi) is 4.46. The first-order valence-corrected chi connectivity index (χ1v) is 9.18. The van der Waals surface area contributed by atoms with E-state index in [4.69, 9.17) is 4.98 Å². The molecule has 0 aliphatic heterocycles. The maximum atomic E-state index is 4.82. The fourth-order valence-corrected chi connectivity index (χ4v) is 4.31. The number of aromatic nitrogens is 4. The first-order chi connectivity index (χ1) is 11.9. The van der Waals surface area contributed by atoms with Gasteiger partial charge in [-0.3, -0.25) is 4.98 Å². The number of anilines is 2. The van der Waals surface area contributed by atoms with Gasteiger partial charge in [-0.15, -0.1) is 11.3 Å². The van der Waals surface area contributed by atoms with Gasteiger partial charge in [-0.2, -0.15) is 0 Å². The number of thiazole rings is 1. The smallest absolute Gasteiger partial charge is 0.228 e. The molecule has 0 spiro atoms. The van der Waals surface area contributed by atoms with Crippen LogP contribution in [0.4, 0.5) is 11.1 Å². The minimum atomic E-state index is 0.578. The molecule has 0 saturated heterocycles. The second-order valence-corrected chi connectivity index (χ2v) is 7.01. The van der Waals surface area contributed by atoms with Crippen LogP contribution in [0.25, 0.3) is 11.4 Å². The van der Waals surface area contributed by atoms with Crippen molar-refractivity contribution in [2.75, 3.05) is 5.32 Å². The van der Waals surface area contributed by atoms with E-state index in [2.05, 4.69) is 20.3 Å².